The first-order valence-electron chi connectivity index (χ1n) is 13.4. The topological polar surface area (TPSA) is 102 Å². The number of likely N-dealkylation sites (tertiary alicyclic amines) is 1. The smallest absolute Gasteiger partial charge is 0.246 e. The minimum Gasteiger partial charge on any atom is -0.387 e. The van der Waals surface area contributed by atoms with Crippen LogP contribution in [0.4, 0.5) is 0 Å². The molecule has 1 aliphatic rings. The summed E-state index contributed by atoms with van der Waals surface area (Å²) in [4.78, 5) is 43.1. The van der Waals surface area contributed by atoms with E-state index in [4.69, 9.17) is 0 Å². The Balaban J connectivity index is 2.08. The fourth-order valence-electron chi connectivity index (χ4n) is 4.74. The lowest BCUT2D eigenvalue weighted by Crippen LogP contribution is -2.57. The second-order valence-corrected chi connectivity index (χ2v) is 10.9. The molecule has 1 heterocycles. The number of hydrogen-bond acceptors (Lipinski definition) is 5. The normalized spacial score (nSPS) is 19.3. The van der Waals surface area contributed by atoms with Gasteiger partial charge in [0.25, 0.3) is 0 Å². The Morgan fingerprint density at radius 3 is 2.32 bits per heavy atom. The lowest BCUT2D eigenvalue weighted by molar-refractivity contribution is -0.139. The number of carbonyl (C=O) groups is 3. The zero-order valence-electron chi connectivity index (χ0n) is 23.5. The molecular weight excluding hydrogens is 468 g/mol. The summed E-state index contributed by atoms with van der Waals surface area (Å²) in [6.45, 7) is 10.5. The highest BCUT2D eigenvalue weighted by Gasteiger charge is 2.34. The van der Waals surface area contributed by atoms with E-state index in [2.05, 4.69) is 15.5 Å². The first-order valence-corrected chi connectivity index (χ1v) is 13.4. The molecule has 8 nitrogen and oxygen atoms in total. The molecule has 3 amide bonds. The fraction of sp³-hybridized carbons (Fsp3) is 0.621. The molecule has 0 spiro atoms. The minimum absolute atomic E-state index is 0.0413. The third-order valence-corrected chi connectivity index (χ3v) is 7.20. The molecule has 0 aromatic heterocycles. The number of carbonyl (C=O) groups excluding carboxylic acids is 3. The summed E-state index contributed by atoms with van der Waals surface area (Å²) in [6.07, 6.45) is 3.87. The van der Waals surface area contributed by atoms with E-state index in [1.165, 1.54) is 0 Å². The molecule has 206 valence electrons. The van der Waals surface area contributed by atoms with Crippen LogP contribution in [0.25, 0.3) is 0 Å². The summed E-state index contributed by atoms with van der Waals surface area (Å²) < 4.78 is 0. The molecule has 1 unspecified atom stereocenters. The summed E-state index contributed by atoms with van der Waals surface area (Å²) in [5, 5.41) is 16.1. The van der Waals surface area contributed by atoms with Gasteiger partial charge in [-0.2, -0.15) is 0 Å². The van der Waals surface area contributed by atoms with Crippen molar-refractivity contribution in [3.63, 3.8) is 0 Å². The second kappa shape index (κ2) is 14.3. The highest BCUT2D eigenvalue weighted by atomic mass is 16.3. The Bertz CT molecular complexity index is 931. The van der Waals surface area contributed by atoms with Gasteiger partial charge in [0.2, 0.25) is 17.7 Å². The lowest BCUT2D eigenvalue weighted by Gasteiger charge is -2.36. The summed E-state index contributed by atoms with van der Waals surface area (Å²) in [5.41, 5.74) is 1.20. The van der Waals surface area contributed by atoms with E-state index in [1.54, 1.807) is 24.9 Å². The van der Waals surface area contributed by atoms with Gasteiger partial charge in [0.15, 0.2) is 0 Å². The largest absolute Gasteiger partial charge is 0.387 e. The van der Waals surface area contributed by atoms with Crippen molar-refractivity contribution >= 4 is 17.7 Å². The number of nitrogens with zero attached hydrogens (tertiary/aromatic N) is 2. The number of piperidine rings is 1. The minimum atomic E-state index is -0.804. The molecule has 1 aromatic carbocycles. The Hall–Kier alpha value is -2.71. The van der Waals surface area contributed by atoms with Gasteiger partial charge in [0.1, 0.15) is 6.04 Å². The molecule has 1 saturated heterocycles. The summed E-state index contributed by atoms with van der Waals surface area (Å²) in [5.74, 6) is -0.625. The average molecular weight is 515 g/mol. The number of aliphatic hydroxyl groups is 1. The molecule has 2 rings (SSSR count). The van der Waals surface area contributed by atoms with Crippen LogP contribution in [-0.4, -0.2) is 77.9 Å². The van der Waals surface area contributed by atoms with Gasteiger partial charge in [0.05, 0.1) is 18.2 Å². The van der Waals surface area contributed by atoms with Gasteiger partial charge in [-0.1, -0.05) is 70.5 Å². The van der Waals surface area contributed by atoms with E-state index < -0.39 is 12.1 Å². The van der Waals surface area contributed by atoms with Gasteiger partial charge in [-0.15, -0.1) is 0 Å². The van der Waals surface area contributed by atoms with Gasteiger partial charge in [0, 0.05) is 19.2 Å². The van der Waals surface area contributed by atoms with Crippen molar-refractivity contribution in [2.75, 3.05) is 27.2 Å². The van der Waals surface area contributed by atoms with Crippen LogP contribution >= 0.6 is 0 Å². The predicted octanol–water partition coefficient (Wildman–Crippen LogP) is 2.89. The molecule has 0 radical (unpaired) electrons. The highest BCUT2D eigenvalue weighted by molar-refractivity contribution is 5.93. The van der Waals surface area contributed by atoms with Crippen molar-refractivity contribution in [3.8, 4) is 0 Å². The van der Waals surface area contributed by atoms with Crippen LogP contribution in [0, 0.1) is 11.8 Å². The Morgan fingerprint density at radius 2 is 1.76 bits per heavy atom. The SMILES string of the molecule is CC(=C[C@H](C(C)C)N(C)C(=O)[C@@H](NC(=O)C1CCCCN1C)C(C)C)C(=O)NC[C@@H](O)c1ccccc1. The van der Waals surface area contributed by atoms with Crippen LogP contribution in [-0.2, 0) is 14.4 Å². The fourth-order valence-corrected chi connectivity index (χ4v) is 4.74. The van der Waals surface area contributed by atoms with E-state index in [-0.39, 0.29) is 48.2 Å². The van der Waals surface area contributed by atoms with E-state index in [0.717, 1.165) is 31.4 Å². The summed E-state index contributed by atoms with van der Waals surface area (Å²) in [6, 6.07) is 7.96. The summed E-state index contributed by atoms with van der Waals surface area (Å²) in [7, 11) is 3.68. The Morgan fingerprint density at radius 1 is 1.11 bits per heavy atom. The number of benzene rings is 1. The maximum Gasteiger partial charge on any atom is 0.246 e. The Labute approximate surface area is 222 Å². The van der Waals surface area contributed by atoms with Crippen molar-refractivity contribution in [1.82, 2.24) is 20.4 Å². The van der Waals surface area contributed by atoms with Crippen LogP contribution in [0.2, 0.25) is 0 Å². The highest BCUT2D eigenvalue weighted by Crippen LogP contribution is 2.19. The number of amides is 3. The number of hydrogen-bond donors (Lipinski definition) is 3. The molecule has 1 fully saturated rings. The van der Waals surface area contributed by atoms with Crippen LogP contribution in [0.15, 0.2) is 42.0 Å². The van der Waals surface area contributed by atoms with Crippen molar-refractivity contribution in [2.24, 2.45) is 11.8 Å². The van der Waals surface area contributed by atoms with E-state index in [0.29, 0.717) is 5.57 Å². The van der Waals surface area contributed by atoms with Gasteiger partial charge in [-0.05, 0) is 50.8 Å². The number of aliphatic hydroxyl groups excluding tert-OH is 1. The molecule has 4 atom stereocenters. The van der Waals surface area contributed by atoms with Gasteiger partial charge < -0.3 is 20.6 Å². The third kappa shape index (κ3) is 8.68. The molecule has 3 N–H and O–H groups in total. The standard InChI is InChI=1S/C29H46N4O4/c1-19(2)24(17-21(5)27(35)30-18-25(34)22-13-9-8-10-14-22)33(7)29(37)26(20(3)4)31-28(36)23-15-11-12-16-32(23)6/h8-10,13-14,17,19-20,23-26,34H,11-12,15-16,18H2,1-7H3,(H,30,35)(H,31,36)/t23?,24-,25-,26+/m1/s1. The molecular formula is C29H46N4O4. The van der Waals surface area contributed by atoms with Crippen LogP contribution < -0.4 is 10.6 Å². The molecule has 0 saturated carbocycles. The van der Waals surface area contributed by atoms with Gasteiger partial charge in [-0.25, -0.2) is 0 Å². The van der Waals surface area contributed by atoms with Crippen LogP contribution in [0.1, 0.15) is 65.5 Å². The maximum absolute atomic E-state index is 13.6. The number of rotatable bonds is 11. The quantitative estimate of drug-likeness (QED) is 0.394. The first-order chi connectivity index (χ1) is 17.4. The molecule has 37 heavy (non-hydrogen) atoms. The first kappa shape index (κ1) is 30.5. The molecule has 0 bridgehead atoms. The molecule has 1 aromatic rings. The average Bonchev–Trinajstić information content (AvgIpc) is 2.88. The van der Waals surface area contributed by atoms with Gasteiger partial charge in [-0.3, -0.25) is 19.3 Å². The van der Waals surface area contributed by atoms with E-state index in [1.807, 2.05) is 65.1 Å². The van der Waals surface area contributed by atoms with Crippen LogP contribution in [0.5, 0.6) is 0 Å². The van der Waals surface area contributed by atoms with E-state index >= 15 is 0 Å². The van der Waals surface area contributed by atoms with E-state index in [9.17, 15) is 19.5 Å². The zero-order chi connectivity index (χ0) is 27.7. The maximum atomic E-state index is 13.6. The van der Waals surface area contributed by atoms with Crippen molar-refractivity contribution < 1.29 is 19.5 Å². The number of likely N-dealkylation sites (N-methyl/N-ethyl adjacent to an activating group) is 2. The molecule has 0 aliphatic carbocycles. The summed E-state index contributed by atoms with van der Waals surface area (Å²) >= 11 is 0. The van der Waals surface area contributed by atoms with Crippen molar-refractivity contribution in [1.29, 1.82) is 0 Å². The van der Waals surface area contributed by atoms with Crippen molar-refractivity contribution in [2.45, 2.75) is 78.1 Å². The lowest BCUT2D eigenvalue weighted by atomic mass is 9.96. The third-order valence-electron chi connectivity index (χ3n) is 7.20. The molecule has 8 heteroatoms. The van der Waals surface area contributed by atoms with Crippen molar-refractivity contribution in [3.05, 3.63) is 47.5 Å². The zero-order valence-corrected chi connectivity index (χ0v) is 23.5. The predicted molar refractivity (Wildman–Crippen MR) is 147 cm³/mol. The Kier molecular flexibility index (Phi) is 11.8. The monoisotopic (exact) mass is 514 g/mol. The van der Waals surface area contributed by atoms with Gasteiger partial charge >= 0.3 is 0 Å². The number of nitrogens with one attached hydrogen (secondary N) is 2. The molecule has 1 aliphatic heterocycles. The second-order valence-electron chi connectivity index (χ2n) is 10.9. The van der Waals surface area contributed by atoms with Crippen LogP contribution in [0.3, 0.4) is 0 Å².